The minimum absolute atomic E-state index is 0.117. The Hall–Kier alpha value is -1.86. The molecular formula is C12H16ClN3O4. The summed E-state index contributed by atoms with van der Waals surface area (Å²) < 4.78 is 5.00. The maximum absolute atomic E-state index is 11.9. The predicted octanol–water partition coefficient (Wildman–Crippen LogP) is 2.05. The van der Waals surface area contributed by atoms with Crippen molar-refractivity contribution in [1.29, 1.82) is 0 Å². The molecule has 0 aromatic heterocycles. The molecule has 1 aromatic rings. The summed E-state index contributed by atoms with van der Waals surface area (Å²) in [6.07, 6.45) is -0.152. The van der Waals surface area contributed by atoms with Gasteiger partial charge in [-0.3, -0.25) is 14.9 Å². The van der Waals surface area contributed by atoms with Gasteiger partial charge in [0.2, 0.25) is 0 Å². The maximum atomic E-state index is 11.9. The molecular weight excluding hydrogens is 286 g/mol. The van der Waals surface area contributed by atoms with Gasteiger partial charge in [-0.2, -0.15) is 0 Å². The van der Waals surface area contributed by atoms with Crippen LogP contribution >= 0.6 is 11.6 Å². The second-order valence-electron chi connectivity index (χ2n) is 4.12. The summed E-state index contributed by atoms with van der Waals surface area (Å²) in [6, 6.07) is 2.57. The Kier molecular flexibility index (Phi) is 5.72. The largest absolute Gasteiger partial charge is 0.381 e. The second kappa shape index (κ2) is 7.06. The van der Waals surface area contributed by atoms with E-state index in [1.807, 2.05) is 0 Å². The zero-order valence-corrected chi connectivity index (χ0v) is 12.2. The molecule has 20 heavy (non-hydrogen) atoms. The number of nitrogens with one attached hydrogen (secondary N) is 2. The van der Waals surface area contributed by atoms with Gasteiger partial charge in [0.05, 0.1) is 16.0 Å². The van der Waals surface area contributed by atoms with E-state index in [0.29, 0.717) is 6.54 Å². The molecule has 1 atom stereocenters. The number of carbonyl (C=O) groups is 1. The number of benzene rings is 1. The van der Waals surface area contributed by atoms with E-state index in [1.54, 1.807) is 6.92 Å². The van der Waals surface area contributed by atoms with Gasteiger partial charge in [-0.1, -0.05) is 11.6 Å². The maximum Gasteiger partial charge on any atom is 0.294 e. The number of nitro benzene ring substituents is 1. The van der Waals surface area contributed by atoms with Gasteiger partial charge < -0.3 is 15.4 Å². The number of nitrogens with zero attached hydrogens (tertiary/aromatic N) is 1. The molecule has 0 aliphatic carbocycles. The number of methoxy groups -OCH3 is 1. The molecule has 0 bridgehead atoms. The first-order chi connectivity index (χ1) is 9.40. The summed E-state index contributed by atoms with van der Waals surface area (Å²) in [5.74, 6) is -0.443. The fourth-order valence-electron chi connectivity index (χ4n) is 1.54. The van der Waals surface area contributed by atoms with Gasteiger partial charge in [0.25, 0.3) is 11.6 Å². The van der Waals surface area contributed by atoms with Crippen LogP contribution in [0.25, 0.3) is 0 Å². The van der Waals surface area contributed by atoms with Crippen LogP contribution in [0.2, 0.25) is 5.02 Å². The summed E-state index contributed by atoms with van der Waals surface area (Å²) >= 11 is 5.94. The third kappa shape index (κ3) is 3.82. The van der Waals surface area contributed by atoms with Gasteiger partial charge in [0, 0.05) is 32.3 Å². The van der Waals surface area contributed by atoms with E-state index in [2.05, 4.69) is 10.6 Å². The average molecular weight is 302 g/mol. The molecule has 0 radical (unpaired) electrons. The van der Waals surface area contributed by atoms with Gasteiger partial charge in [-0.25, -0.2) is 0 Å². The van der Waals surface area contributed by atoms with E-state index >= 15 is 0 Å². The van der Waals surface area contributed by atoms with E-state index < -0.39 is 10.8 Å². The summed E-state index contributed by atoms with van der Waals surface area (Å²) in [5.41, 5.74) is 0.0624. The van der Waals surface area contributed by atoms with Gasteiger partial charge in [-0.05, 0) is 13.0 Å². The van der Waals surface area contributed by atoms with Gasteiger partial charge in [0.1, 0.15) is 5.69 Å². The number of rotatable bonds is 6. The third-order valence-corrected chi connectivity index (χ3v) is 3.03. The van der Waals surface area contributed by atoms with Crippen molar-refractivity contribution in [2.45, 2.75) is 13.0 Å². The number of hydrogen-bond donors (Lipinski definition) is 2. The van der Waals surface area contributed by atoms with Crippen molar-refractivity contribution in [2.24, 2.45) is 0 Å². The van der Waals surface area contributed by atoms with Crippen LogP contribution in [0.4, 0.5) is 11.4 Å². The Morgan fingerprint density at radius 1 is 1.55 bits per heavy atom. The quantitative estimate of drug-likeness (QED) is 0.619. The van der Waals surface area contributed by atoms with Crippen molar-refractivity contribution in [1.82, 2.24) is 5.32 Å². The van der Waals surface area contributed by atoms with Crippen molar-refractivity contribution in [3.05, 3.63) is 32.8 Å². The first-order valence-electron chi connectivity index (χ1n) is 5.87. The molecule has 0 fully saturated rings. The normalized spacial score (nSPS) is 11.8. The molecule has 0 heterocycles. The Labute approximate surface area is 121 Å². The van der Waals surface area contributed by atoms with Crippen LogP contribution in [0.15, 0.2) is 12.1 Å². The van der Waals surface area contributed by atoms with Crippen LogP contribution in [0.5, 0.6) is 0 Å². The fraction of sp³-hybridized carbons (Fsp3) is 0.417. The van der Waals surface area contributed by atoms with Crippen molar-refractivity contribution in [2.75, 3.05) is 26.0 Å². The first kappa shape index (κ1) is 16.2. The highest BCUT2D eigenvalue weighted by Gasteiger charge is 2.20. The Balaban J connectivity index is 3.02. The minimum atomic E-state index is -0.591. The number of carbonyl (C=O) groups excluding carboxylic acids is 1. The van der Waals surface area contributed by atoms with Crippen LogP contribution in [0.3, 0.4) is 0 Å². The van der Waals surface area contributed by atoms with Crippen molar-refractivity contribution >= 4 is 28.9 Å². The van der Waals surface area contributed by atoms with Crippen LogP contribution in [-0.4, -0.2) is 37.6 Å². The van der Waals surface area contributed by atoms with Crippen LogP contribution in [0.1, 0.15) is 17.3 Å². The standard InChI is InChI=1S/C12H16ClN3O4/c1-7(20-3)6-15-12(17)8-4-9(13)11(14-2)10(5-8)16(18)19/h4-5,7,14H,6H2,1-3H3,(H,15,17). The average Bonchev–Trinajstić information content (AvgIpc) is 2.43. The lowest BCUT2D eigenvalue weighted by atomic mass is 10.1. The monoisotopic (exact) mass is 301 g/mol. The molecule has 1 unspecified atom stereocenters. The Morgan fingerprint density at radius 3 is 2.70 bits per heavy atom. The fourth-order valence-corrected chi connectivity index (χ4v) is 1.85. The van der Waals surface area contributed by atoms with E-state index in [-0.39, 0.29) is 28.1 Å². The van der Waals surface area contributed by atoms with E-state index in [9.17, 15) is 14.9 Å². The number of ether oxygens (including phenoxy) is 1. The molecule has 2 N–H and O–H groups in total. The van der Waals surface area contributed by atoms with Crippen molar-refractivity contribution in [3.63, 3.8) is 0 Å². The molecule has 0 saturated carbocycles. The molecule has 1 aromatic carbocycles. The molecule has 8 heteroatoms. The zero-order valence-electron chi connectivity index (χ0n) is 11.4. The molecule has 0 spiro atoms. The van der Waals surface area contributed by atoms with E-state index in [0.717, 1.165) is 0 Å². The first-order valence-corrected chi connectivity index (χ1v) is 6.25. The smallest absolute Gasteiger partial charge is 0.294 e. The van der Waals surface area contributed by atoms with Crippen molar-refractivity contribution < 1.29 is 14.5 Å². The van der Waals surface area contributed by atoms with E-state index in [1.165, 1.54) is 26.3 Å². The molecule has 1 amide bonds. The highest BCUT2D eigenvalue weighted by Crippen LogP contribution is 2.33. The van der Waals surface area contributed by atoms with Gasteiger partial charge >= 0.3 is 0 Å². The number of hydrogen-bond acceptors (Lipinski definition) is 5. The summed E-state index contributed by atoms with van der Waals surface area (Å²) in [5, 5.41) is 16.4. The van der Waals surface area contributed by atoms with Gasteiger partial charge in [0.15, 0.2) is 0 Å². The SMILES string of the molecule is CNc1c(Cl)cc(C(=O)NCC(C)OC)cc1[N+](=O)[O-]. The molecule has 0 aliphatic heterocycles. The molecule has 0 saturated heterocycles. The lowest BCUT2D eigenvalue weighted by Gasteiger charge is -2.12. The van der Waals surface area contributed by atoms with Gasteiger partial charge in [-0.15, -0.1) is 0 Å². The summed E-state index contributed by atoms with van der Waals surface area (Å²) in [6.45, 7) is 2.09. The molecule has 1 rings (SSSR count). The van der Waals surface area contributed by atoms with Crippen molar-refractivity contribution in [3.8, 4) is 0 Å². The summed E-state index contributed by atoms with van der Waals surface area (Å²) in [4.78, 5) is 22.3. The number of nitro groups is 1. The highest BCUT2D eigenvalue weighted by molar-refractivity contribution is 6.34. The molecule has 0 aliphatic rings. The molecule has 110 valence electrons. The van der Waals surface area contributed by atoms with Crippen LogP contribution in [-0.2, 0) is 4.74 Å². The minimum Gasteiger partial charge on any atom is -0.381 e. The van der Waals surface area contributed by atoms with Crippen LogP contribution < -0.4 is 10.6 Å². The zero-order chi connectivity index (χ0) is 15.3. The van der Waals surface area contributed by atoms with Crippen LogP contribution in [0, 0.1) is 10.1 Å². The topological polar surface area (TPSA) is 93.5 Å². The lowest BCUT2D eigenvalue weighted by Crippen LogP contribution is -2.31. The number of amides is 1. The highest BCUT2D eigenvalue weighted by atomic mass is 35.5. The predicted molar refractivity (Wildman–Crippen MR) is 76.5 cm³/mol. The van der Waals surface area contributed by atoms with E-state index in [4.69, 9.17) is 16.3 Å². The molecule has 7 nitrogen and oxygen atoms in total. The third-order valence-electron chi connectivity index (χ3n) is 2.73. The Morgan fingerprint density at radius 2 is 2.20 bits per heavy atom. The number of halogens is 1. The number of anilines is 1. The second-order valence-corrected chi connectivity index (χ2v) is 4.52. The summed E-state index contributed by atoms with van der Waals surface area (Å²) in [7, 11) is 3.05. The Bertz CT molecular complexity index is 522. The lowest BCUT2D eigenvalue weighted by molar-refractivity contribution is -0.383.